The number of nitrogens with zero attached hydrogens (tertiary/aromatic N) is 2. The van der Waals surface area contributed by atoms with Crippen LogP contribution >= 0.6 is 11.3 Å². The molecule has 128 valence electrons. The van der Waals surface area contributed by atoms with E-state index in [1.54, 1.807) is 12.1 Å². The topological polar surface area (TPSA) is 60.7 Å². The largest absolute Gasteiger partial charge is 0.497 e. The van der Waals surface area contributed by atoms with Crippen molar-refractivity contribution in [3.63, 3.8) is 0 Å². The van der Waals surface area contributed by atoms with E-state index >= 15 is 0 Å². The summed E-state index contributed by atoms with van der Waals surface area (Å²) in [6.07, 6.45) is 5.34. The number of sulfonamides is 1. The Balaban J connectivity index is 2.22. The number of methoxy groups -OCH3 is 1. The van der Waals surface area contributed by atoms with E-state index in [0.717, 1.165) is 11.3 Å². The standard InChI is InChI=1S/C17H13FN2O3S2/c1-3-11-20-16-14(18)5-4-6-15(16)24-17(20)19-25(21,22)13-9-7-12(23-2)8-10-13/h1,4-10H,11H2,2H3. The van der Waals surface area contributed by atoms with Crippen molar-refractivity contribution in [1.29, 1.82) is 0 Å². The number of hydrogen-bond donors (Lipinski definition) is 0. The first-order chi connectivity index (χ1) is 12.0. The molecule has 0 bridgehead atoms. The van der Waals surface area contributed by atoms with Gasteiger partial charge in [0.05, 0.1) is 28.8 Å². The van der Waals surface area contributed by atoms with Crippen LogP contribution in [0, 0.1) is 18.2 Å². The summed E-state index contributed by atoms with van der Waals surface area (Å²) in [7, 11) is -2.48. The lowest BCUT2D eigenvalue weighted by molar-refractivity contribution is 0.414. The van der Waals surface area contributed by atoms with Gasteiger partial charge in [0.2, 0.25) is 4.80 Å². The van der Waals surface area contributed by atoms with Crippen molar-refractivity contribution < 1.29 is 17.5 Å². The fourth-order valence-corrected chi connectivity index (χ4v) is 4.54. The van der Waals surface area contributed by atoms with Crippen LogP contribution in [0.25, 0.3) is 10.2 Å². The molecule has 0 saturated heterocycles. The Kier molecular flexibility index (Phi) is 4.61. The second-order valence-corrected chi connectivity index (χ2v) is 7.62. The molecule has 1 aromatic heterocycles. The summed E-state index contributed by atoms with van der Waals surface area (Å²) < 4.78 is 50.1. The molecule has 5 nitrogen and oxygen atoms in total. The number of benzene rings is 2. The number of ether oxygens (including phenoxy) is 1. The zero-order valence-corrected chi connectivity index (χ0v) is 14.8. The molecule has 2 aromatic carbocycles. The van der Waals surface area contributed by atoms with E-state index < -0.39 is 15.8 Å². The molecular formula is C17H13FN2O3S2. The lowest BCUT2D eigenvalue weighted by atomic mass is 10.3. The van der Waals surface area contributed by atoms with Gasteiger partial charge < -0.3 is 9.30 Å². The second kappa shape index (κ2) is 6.70. The number of fused-ring (bicyclic) bond motifs is 1. The van der Waals surface area contributed by atoms with Crippen molar-refractivity contribution in [3.8, 4) is 18.1 Å². The van der Waals surface area contributed by atoms with Gasteiger partial charge in [-0.25, -0.2) is 4.39 Å². The number of aromatic nitrogens is 1. The molecule has 3 rings (SSSR count). The van der Waals surface area contributed by atoms with E-state index in [1.807, 2.05) is 0 Å². The third kappa shape index (κ3) is 3.29. The van der Waals surface area contributed by atoms with E-state index in [9.17, 15) is 12.8 Å². The van der Waals surface area contributed by atoms with Gasteiger partial charge in [-0.2, -0.15) is 8.42 Å². The SMILES string of the molecule is C#CCn1c(=NS(=O)(=O)c2ccc(OC)cc2)sc2cccc(F)c21. The summed E-state index contributed by atoms with van der Waals surface area (Å²) in [5.74, 6) is 2.46. The maximum Gasteiger partial charge on any atom is 0.285 e. The molecule has 0 aliphatic heterocycles. The molecule has 0 radical (unpaired) electrons. The van der Waals surface area contributed by atoms with E-state index in [4.69, 9.17) is 11.2 Å². The Morgan fingerprint density at radius 1 is 1.28 bits per heavy atom. The minimum absolute atomic E-state index is 0.0118. The maximum absolute atomic E-state index is 14.1. The van der Waals surface area contributed by atoms with Crippen molar-refractivity contribution in [3.05, 3.63) is 53.1 Å². The van der Waals surface area contributed by atoms with Crippen molar-refractivity contribution >= 4 is 31.6 Å². The number of terminal acetylenes is 1. The summed E-state index contributed by atoms with van der Waals surface area (Å²) in [4.78, 5) is 0.132. The van der Waals surface area contributed by atoms with Crippen LogP contribution in [-0.4, -0.2) is 20.1 Å². The zero-order valence-electron chi connectivity index (χ0n) is 13.1. The third-order valence-electron chi connectivity index (χ3n) is 3.46. The average Bonchev–Trinajstić information content (AvgIpc) is 2.93. The van der Waals surface area contributed by atoms with Crippen LogP contribution in [0.5, 0.6) is 5.75 Å². The normalized spacial score (nSPS) is 12.3. The van der Waals surface area contributed by atoms with E-state index in [0.29, 0.717) is 10.4 Å². The molecular weight excluding hydrogens is 363 g/mol. The van der Waals surface area contributed by atoms with Gasteiger partial charge in [0.15, 0.2) is 0 Å². The smallest absolute Gasteiger partial charge is 0.285 e. The van der Waals surface area contributed by atoms with Gasteiger partial charge in [0, 0.05) is 0 Å². The number of hydrogen-bond acceptors (Lipinski definition) is 4. The van der Waals surface area contributed by atoms with Gasteiger partial charge in [0.1, 0.15) is 11.6 Å². The van der Waals surface area contributed by atoms with Crippen molar-refractivity contribution in [2.75, 3.05) is 7.11 Å². The highest BCUT2D eigenvalue weighted by Crippen LogP contribution is 2.22. The lowest BCUT2D eigenvalue weighted by Gasteiger charge is -2.02. The molecule has 3 aromatic rings. The number of para-hydroxylation sites is 1. The molecule has 0 aliphatic rings. The van der Waals surface area contributed by atoms with E-state index in [1.165, 1.54) is 42.0 Å². The predicted octanol–water partition coefficient (Wildman–Crippen LogP) is 2.77. The minimum Gasteiger partial charge on any atom is -0.497 e. The molecule has 0 unspecified atom stereocenters. The number of halogens is 1. The average molecular weight is 376 g/mol. The number of thiazole rings is 1. The fourth-order valence-electron chi connectivity index (χ4n) is 2.30. The van der Waals surface area contributed by atoms with Gasteiger partial charge in [-0.1, -0.05) is 23.3 Å². The summed E-state index contributed by atoms with van der Waals surface area (Å²) in [6.45, 7) is 0.0118. The molecule has 0 fully saturated rings. The highest BCUT2D eigenvalue weighted by atomic mass is 32.2. The first-order valence-electron chi connectivity index (χ1n) is 7.12. The second-order valence-electron chi connectivity index (χ2n) is 5.00. The van der Waals surface area contributed by atoms with Crippen LogP contribution in [0.15, 0.2) is 51.8 Å². The maximum atomic E-state index is 14.1. The Morgan fingerprint density at radius 2 is 2.00 bits per heavy atom. The van der Waals surface area contributed by atoms with Crippen LogP contribution in [0.1, 0.15) is 0 Å². The highest BCUT2D eigenvalue weighted by Gasteiger charge is 2.16. The van der Waals surface area contributed by atoms with Crippen LogP contribution in [0.3, 0.4) is 0 Å². The van der Waals surface area contributed by atoms with Gasteiger partial charge in [-0.05, 0) is 36.4 Å². The van der Waals surface area contributed by atoms with Crippen LogP contribution in [-0.2, 0) is 16.6 Å². The molecule has 0 spiro atoms. The van der Waals surface area contributed by atoms with Crippen molar-refractivity contribution in [2.24, 2.45) is 4.40 Å². The summed E-state index contributed by atoms with van der Waals surface area (Å²) in [5.41, 5.74) is 0.245. The summed E-state index contributed by atoms with van der Waals surface area (Å²) in [5, 5.41) is 0. The molecule has 0 saturated carbocycles. The highest BCUT2D eigenvalue weighted by molar-refractivity contribution is 7.90. The van der Waals surface area contributed by atoms with E-state index in [2.05, 4.69) is 10.3 Å². The third-order valence-corrected chi connectivity index (χ3v) is 5.90. The summed E-state index contributed by atoms with van der Waals surface area (Å²) >= 11 is 1.06. The quantitative estimate of drug-likeness (QED) is 0.658. The minimum atomic E-state index is -3.97. The van der Waals surface area contributed by atoms with Gasteiger partial charge >= 0.3 is 0 Å². The zero-order chi connectivity index (χ0) is 18.0. The Hall–Kier alpha value is -2.63. The first kappa shape index (κ1) is 17.2. The Morgan fingerprint density at radius 3 is 2.64 bits per heavy atom. The Labute approximate surface area is 148 Å². The van der Waals surface area contributed by atoms with Crippen molar-refractivity contribution in [1.82, 2.24) is 4.57 Å². The van der Waals surface area contributed by atoms with Gasteiger partial charge in [0.25, 0.3) is 10.0 Å². The molecule has 0 N–H and O–H groups in total. The van der Waals surface area contributed by atoms with E-state index in [-0.39, 0.29) is 21.8 Å². The number of rotatable bonds is 4. The molecule has 0 amide bonds. The predicted molar refractivity (Wildman–Crippen MR) is 94.3 cm³/mol. The fraction of sp³-hybridized carbons (Fsp3) is 0.118. The molecule has 0 aliphatic carbocycles. The van der Waals surface area contributed by atoms with Crippen LogP contribution < -0.4 is 9.54 Å². The summed E-state index contributed by atoms with van der Waals surface area (Å²) in [6, 6.07) is 10.4. The van der Waals surface area contributed by atoms with Crippen molar-refractivity contribution in [2.45, 2.75) is 11.4 Å². The lowest BCUT2D eigenvalue weighted by Crippen LogP contribution is -2.17. The molecule has 25 heavy (non-hydrogen) atoms. The van der Waals surface area contributed by atoms with Gasteiger partial charge in [-0.15, -0.1) is 10.8 Å². The monoisotopic (exact) mass is 376 g/mol. The molecule has 0 atom stereocenters. The Bertz CT molecular complexity index is 1140. The van der Waals surface area contributed by atoms with Crippen LogP contribution in [0.2, 0.25) is 0 Å². The first-order valence-corrected chi connectivity index (χ1v) is 9.38. The van der Waals surface area contributed by atoms with Gasteiger partial charge in [-0.3, -0.25) is 0 Å². The van der Waals surface area contributed by atoms with Crippen LogP contribution in [0.4, 0.5) is 4.39 Å². The molecule has 1 heterocycles. The molecule has 8 heteroatoms.